The van der Waals surface area contributed by atoms with Crippen LogP contribution in [0, 0.1) is 13.8 Å². The van der Waals surface area contributed by atoms with E-state index in [1.165, 1.54) is 5.56 Å². The Hall–Kier alpha value is -3.80. The Morgan fingerprint density at radius 2 is 1.83 bits per heavy atom. The van der Waals surface area contributed by atoms with E-state index in [1.54, 1.807) is 19.2 Å². The Kier molecular flexibility index (Phi) is 8.61. The van der Waals surface area contributed by atoms with E-state index in [-0.39, 0.29) is 5.91 Å². The van der Waals surface area contributed by atoms with Crippen LogP contribution in [-0.2, 0) is 13.0 Å². The van der Waals surface area contributed by atoms with Crippen LogP contribution in [0.2, 0.25) is 0 Å². The van der Waals surface area contributed by atoms with Gasteiger partial charge >= 0.3 is 0 Å². The van der Waals surface area contributed by atoms with Crippen LogP contribution in [0.5, 0.6) is 11.5 Å². The zero-order valence-electron chi connectivity index (χ0n) is 21.4. The first-order valence-corrected chi connectivity index (χ1v) is 12.6. The molecule has 0 aliphatic carbocycles. The first-order chi connectivity index (χ1) is 17.5. The van der Waals surface area contributed by atoms with Gasteiger partial charge in [0.15, 0.2) is 0 Å². The first-order valence-electron chi connectivity index (χ1n) is 12.6. The van der Waals surface area contributed by atoms with Crippen molar-refractivity contribution >= 4 is 16.9 Å². The molecule has 1 aromatic heterocycles. The van der Waals surface area contributed by atoms with Crippen LogP contribution in [-0.4, -0.2) is 35.7 Å². The van der Waals surface area contributed by atoms with Crippen molar-refractivity contribution in [2.45, 2.75) is 46.1 Å². The molecule has 0 aliphatic rings. The van der Waals surface area contributed by atoms with Crippen LogP contribution in [0.3, 0.4) is 0 Å². The molecule has 0 fully saturated rings. The molecule has 0 bridgehead atoms. The summed E-state index contributed by atoms with van der Waals surface area (Å²) >= 11 is 0. The predicted octanol–water partition coefficient (Wildman–Crippen LogP) is 5.88. The summed E-state index contributed by atoms with van der Waals surface area (Å²) in [6.45, 7) is 6.17. The van der Waals surface area contributed by atoms with Crippen molar-refractivity contribution < 1.29 is 14.3 Å². The van der Waals surface area contributed by atoms with E-state index < -0.39 is 0 Å². The van der Waals surface area contributed by atoms with E-state index >= 15 is 0 Å². The fraction of sp³-hybridized carbons (Fsp3) is 0.333. The van der Waals surface area contributed by atoms with Gasteiger partial charge in [-0.1, -0.05) is 42.3 Å². The summed E-state index contributed by atoms with van der Waals surface area (Å²) in [7, 11) is 1.60. The number of hydrogen-bond donors (Lipinski definition) is 1. The molecular weight excluding hydrogens is 450 g/mol. The number of aryl methyl sites for hydroxylation is 3. The second-order valence-corrected chi connectivity index (χ2v) is 9.08. The molecule has 0 radical (unpaired) electrons. The van der Waals surface area contributed by atoms with Crippen molar-refractivity contribution in [2.24, 2.45) is 0 Å². The summed E-state index contributed by atoms with van der Waals surface area (Å²) < 4.78 is 13.6. The Morgan fingerprint density at radius 1 is 0.972 bits per heavy atom. The molecule has 3 aromatic carbocycles. The molecule has 0 saturated heterocycles. The number of fused-ring (bicyclic) bond motifs is 1. The van der Waals surface area contributed by atoms with Crippen molar-refractivity contribution in [1.82, 2.24) is 14.9 Å². The number of amides is 1. The molecule has 4 rings (SSSR count). The second-order valence-electron chi connectivity index (χ2n) is 9.08. The lowest BCUT2D eigenvalue weighted by Crippen LogP contribution is -2.24. The van der Waals surface area contributed by atoms with Crippen LogP contribution < -0.4 is 14.8 Å². The summed E-state index contributed by atoms with van der Waals surface area (Å²) in [4.78, 5) is 17.3. The van der Waals surface area contributed by atoms with Gasteiger partial charge in [-0.05, 0) is 68.7 Å². The highest BCUT2D eigenvalue weighted by Crippen LogP contribution is 2.21. The highest BCUT2D eigenvalue weighted by molar-refractivity contribution is 5.94. The summed E-state index contributed by atoms with van der Waals surface area (Å²) in [5.74, 6) is 2.63. The standard InChI is InChI=1S/C30H35N3O3/c1-22-15-16-28(23(2)20-22)36-19-18-33-27-13-7-6-12-26(27)32-29(33)14-5-4-8-17-31-30(34)24-10-9-11-25(21-24)35-3/h6-7,9-13,15-16,20-21H,4-5,8,14,17-19H2,1-3H3,(H,31,34). The molecule has 1 amide bonds. The first kappa shape index (κ1) is 25.3. The molecule has 188 valence electrons. The normalized spacial score (nSPS) is 11.0. The van der Waals surface area contributed by atoms with Crippen molar-refractivity contribution in [2.75, 3.05) is 20.3 Å². The minimum atomic E-state index is -0.0699. The van der Waals surface area contributed by atoms with Gasteiger partial charge in [-0.2, -0.15) is 0 Å². The predicted molar refractivity (Wildman–Crippen MR) is 144 cm³/mol. The Labute approximate surface area is 213 Å². The monoisotopic (exact) mass is 485 g/mol. The van der Waals surface area contributed by atoms with Crippen molar-refractivity contribution in [1.29, 1.82) is 0 Å². The number of hydrogen-bond acceptors (Lipinski definition) is 4. The minimum Gasteiger partial charge on any atom is -0.497 e. The molecule has 0 spiro atoms. The van der Waals surface area contributed by atoms with Gasteiger partial charge < -0.3 is 19.4 Å². The quantitative estimate of drug-likeness (QED) is 0.254. The van der Waals surface area contributed by atoms with Crippen LogP contribution in [0.25, 0.3) is 11.0 Å². The summed E-state index contributed by atoms with van der Waals surface area (Å²) in [5.41, 5.74) is 5.17. The summed E-state index contributed by atoms with van der Waals surface area (Å²) in [6.07, 6.45) is 3.84. The molecule has 0 atom stereocenters. The maximum atomic E-state index is 12.4. The fourth-order valence-electron chi connectivity index (χ4n) is 4.43. The third kappa shape index (κ3) is 6.45. The molecule has 0 saturated carbocycles. The van der Waals surface area contributed by atoms with Gasteiger partial charge in [-0.25, -0.2) is 4.98 Å². The number of para-hydroxylation sites is 2. The van der Waals surface area contributed by atoms with E-state index in [1.807, 2.05) is 24.3 Å². The van der Waals surface area contributed by atoms with Gasteiger partial charge in [-0.3, -0.25) is 4.79 Å². The molecule has 36 heavy (non-hydrogen) atoms. The lowest BCUT2D eigenvalue weighted by Gasteiger charge is -2.13. The zero-order chi connectivity index (χ0) is 25.3. The van der Waals surface area contributed by atoms with Gasteiger partial charge in [0.1, 0.15) is 23.9 Å². The van der Waals surface area contributed by atoms with Gasteiger partial charge in [0.25, 0.3) is 5.91 Å². The van der Waals surface area contributed by atoms with Gasteiger partial charge in [0.05, 0.1) is 24.7 Å². The summed E-state index contributed by atoms with van der Waals surface area (Å²) in [6, 6.07) is 21.8. The lowest BCUT2D eigenvalue weighted by molar-refractivity contribution is 0.0952. The van der Waals surface area contributed by atoms with E-state index in [0.717, 1.165) is 60.4 Å². The number of nitrogens with one attached hydrogen (secondary N) is 1. The average Bonchev–Trinajstić information content (AvgIpc) is 3.24. The van der Waals surface area contributed by atoms with Crippen LogP contribution in [0.4, 0.5) is 0 Å². The van der Waals surface area contributed by atoms with Gasteiger partial charge in [-0.15, -0.1) is 0 Å². The molecular formula is C30H35N3O3. The minimum absolute atomic E-state index is 0.0699. The van der Waals surface area contributed by atoms with Crippen LogP contribution in [0.15, 0.2) is 66.7 Å². The number of rotatable bonds is 12. The number of nitrogens with zero attached hydrogens (tertiary/aromatic N) is 2. The third-order valence-electron chi connectivity index (χ3n) is 6.33. The van der Waals surface area contributed by atoms with Crippen molar-refractivity contribution in [3.05, 3.63) is 89.2 Å². The third-order valence-corrected chi connectivity index (χ3v) is 6.33. The molecule has 6 heteroatoms. The van der Waals surface area contributed by atoms with E-state index in [0.29, 0.717) is 24.5 Å². The Bertz CT molecular complexity index is 1310. The molecule has 1 heterocycles. The number of unbranched alkanes of at least 4 members (excludes halogenated alkanes) is 2. The largest absolute Gasteiger partial charge is 0.497 e. The van der Waals surface area contributed by atoms with Crippen molar-refractivity contribution in [3.63, 3.8) is 0 Å². The zero-order valence-corrected chi connectivity index (χ0v) is 21.4. The lowest BCUT2D eigenvalue weighted by atomic mass is 10.1. The SMILES string of the molecule is COc1cccc(C(=O)NCCCCCc2nc3ccccc3n2CCOc2ccc(C)cc2C)c1. The number of aromatic nitrogens is 2. The highest BCUT2D eigenvalue weighted by atomic mass is 16.5. The van der Waals surface area contributed by atoms with E-state index in [9.17, 15) is 4.79 Å². The number of ether oxygens (including phenoxy) is 2. The maximum Gasteiger partial charge on any atom is 0.251 e. The van der Waals surface area contributed by atoms with Gasteiger partial charge in [0, 0.05) is 18.5 Å². The van der Waals surface area contributed by atoms with Crippen LogP contribution >= 0.6 is 0 Å². The summed E-state index contributed by atoms with van der Waals surface area (Å²) in [5, 5.41) is 3.00. The number of carbonyl (C=O) groups is 1. The highest BCUT2D eigenvalue weighted by Gasteiger charge is 2.11. The molecule has 0 unspecified atom stereocenters. The second kappa shape index (κ2) is 12.2. The molecule has 0 aliphatic heterocycles. The van der Waals surface area contributed by atoms with Gasteiger partial charge in [0.2, 0.25) is 0 Å². The number of carbonyl (C=O) groups excluding carboxylic acids is 1. The Morgan fingerprint density at radius 3 is 2.67 bits per heavy atom. The van der Waals surface area contributed by atoms with E-state index in [4.69, 9.17) is 14.5 Å². The number of methoxy groups -OCH3 is 1. The smallest absolute Gasteiger partial charge is 0.251 e. The van der Waals surface area contributed by atoms with Crippen LogP contribution in [0.1, 0.15) is 46.6 Å². The average molecular weight is 486 g/mol. The molecule has 1 N–H and O–H groups in total. The maximum absolute atomic E-state index is 12.4. The Balaban J connectivity index is 1.27. The van der Waals surface area contributed by atoms with Crippen molar-refractivity contribution in [3.8, 4) is 11.5 Å². The number of imidazole rings is 1. The molecule has 6 nitrogen and oxygen atoms in total. The molecule has 4 aromatic rings. The fourth-order valence-corrected chi connectivity index (χ4v) is 4.43. The topological polar surface area (TPSA) is 65.4 Å². The number of benzene rings is 3. The van der Waals surface area contributed by atoms with E-state index in [2.05, 4.69) is 54.1 Å².